The van der Waals surface area contributed by atoms with Gasteiger partial charge in [0.05, 0.1) is 7.11 Å². The summed E-state index contributed by atoms with van der Waals surface area (Å²) < 4.78 is 4.77. The van der Waals surface area contributed by atoms with Crippen LogP contribution in [-0.2, 0) is 16.0 Å². The minimum absolute atomic E-state index is 0.141. The summed E-state index contributed by atoms with van der Waals surface area (Å²) in [5.74, 6) is -0.141. The van der Waals surface area contributed by atoms with Crippen LogP contribution in [0.3, 0.4) is 0 Å². The second kappa shape index (κ2) is 6.10. The van der Waals surface area contributed by atoms with E-state index in [0.29, 0.717) is 6.42 Å². The predicted molar refractivity (Wildman–Crippen MR) is 84.1 cm³/mol. The van der Waals surface area contributed by atoms with Crippen LogP contribution in [0.2, 0.25) is 5.02 Å². The van der Waals surface area contributed by atoms with Gasteiger partial charge in [-0.2, -0.15) is 0 Å². The molecule has 0 atom stereocenters. The molecule has 1 heterocycles. The minimum atomic E-state index is -0.141. The summed E-state index contributed by atoms with van der Waals surface area (Å²) in [6, 6.07) is 6.13. The molecule has 0 N–H and O–H groups in total. The molecule has 0 aromatic heterocycles. The number of nitrogens with zero attached hydrogens (tertiary/aromatic N) is 1. The second-order valence-corrected chi connectivity index (χ2v) is 6.14. The maximum Gasteiger partial charge on any atom is 0.305 e. The van der Waals surface area contributed by atoms with Crippen molar-refractivity contribution in [1.29, 1.82) is 0 Å². The maximum atomic E-state index is 11.4. The standard InChI is InChI=1S/C17H20ClNO2/c1-21-16(20)7-4-12-10-13-11-14(18)5-6-15(13)17(12)19-8-2-3-9-19/h5-6,11H,2-4,7-10H2,1H3. The number of carbonyl (C=O) groups is 1. The smallest absolute Gasteiger partial charge is 0.305 e. The molecule has 1 saturated heterocycles. The van der Waals surface area contributed by atoms with Crippen LogP contribution < -0.4 is 0 Å². The van der Waals surface area contributed by atoms with E-state index in [1.54, 1.807) is 0 Å². The molecule has 0 amide bonds. The summed E-state index contributed by atoms with van der Waals surface area (Å²) in [7, 11) is 1.45. The first-order valence-corrected chi connectivity index (χ1v) is 7.89. The molecule has 0 unspecified atom stereocenters. The lowest BCUT2D eigenvalue weighted by Gasteiger charge is -2.22. The molecule has 21 heavy (non-hydrogen) atoms. The van der Waals surface area contributed by atoms with Gasteiger partial charge in [-0.15, -0.1) is 0 Å². The fourth-order valence-corrected chi connectivity index (χ4v) is 3.53. The molecule has 2 aliphatic rings. The molecule has 1 aliphatic heterocycles. The number of benzene rings is 1. The fourth-order valence-electron chi connectivity index (χ4n) is 3.34. The number of ether oxygens (including phenoxy) is 1. The molecular formula is C17H20ClNO2. The van der Waals surface area contributed by atoms with Crippen molar-refractivity contribution < 1.29 is 9.53 Å². The molecule has 0 bridgehead atoms. The second-order valence-electron chi connectivity index (χ2n) is 5.70. The van der Waals surface area contributed by atoms with Crippen molar-refractivity contribution in [2.75, 3.05) is 20.2 Å². The molecular weight excluding hydrogens is 286 g/mol. The number of rotatable bonds is 4. The Bertz CT molecular complexity index is 588. The number of allylic oxidation sites excluding steroid dienone is 1. The van der Waals surface area contributed by atoms with Crippen LogP contribution in [0.25, 0.3) is 5.70 Å². The van der Waals surface area contributed by atoms with Crippen LogP contribution in [0.1, 0.15) is 36.8 Å². The summed E-state index contributed by atoms with van der Waals surface area (Å²) in [5, 5.41) is 0.781. The highest BCUT2D eigenvalue weighted by molar-refractivity contribution is 6.30. The van der Waals surface area contributed by atoms with Gasteiger partial charge in [0.2, 0.25) is 0 Å². The van der Waals surface area contributed by atoms with E-state index in [0.717, 1.165) is 31.0 Å². The molecule has 1 aromatic carbocycles. The van der Waals surface area contributed by atoms with Gasteiger partial charge >= 0.3 is 5.97 Å². The highest BCUT2D eigenvalue weighted by Gasteiger charge is 2.27. The first-order chi connectivity index (χ1) is 10.2. The Balaban J connectivity index is 1.89. The van der Waals surface area contributed by atoms with Crippen LogP contribution in [0.5, 0.6) is 0 Å². The molecule has 0 saturated carbocycles. The molecule has 3 nitrogen and oxygen atoms in total. The topological polar surface area (TPSA) is 29.5 Å². The van der Waals surface area contributed by atoms with Crippen LogP contribution in [-0.4, -0.2) is 31.1 Å². The van der Waals surface area contributed by atoms with Gasteiger partial charge in [-0.1, -0.05) is 17.7 Å². The van der Waals surface area contributed by atoms with Crippen LogP contribution in [0.15, 0.2) is 23.8 Å². The number of hydrogen-bond donors (Lipinski definition) is 0. The number of methoxy groups -OCH3 is 1. The van der Waals surface area contributed by atoms with Gasteiger partial charge in [-0.25, -0.2) is 0 Å². The Morgan fingerprint density at radius 1 is 1.33 bits per heavy atom. The van der Waals surface area contributed by atoms with E-state index in [2.05, 4.69) is 17.0 Å². The Morgan fingerprint density at radius 2 is 2.10 bits per heavy atom. The average Bonchev–Trinajstić information content (AvgIpc) is 3.10. The SMILES string of the molecule is COC(=O)CCC1=C(N2CCCC2)c2ccc(Cl)cc2C1. The van der Waals surface area contributed by atoms with Gasteiger partial charge in [0.1, 0.15) is 0 Å². The van der Waals surface area contributed by atoms with E-state index in [1.807, 2.05) is 6.07 Å². The highest BCUT2D eigenvalue weighted by Crippen LogP contribution is 2.39. The van der Waals surface area contributed by atoms with Crippen LogP contribution in [0.4, 0.5) is 0 Å². The molecule has 1 fully saturated rings. The fraction of sp³-hybridized carbons (Fsp3) is 0.471. The number of halogens is 1. The Morgan fingerprint density at radius 3 is 2.81 bits per heavy atom. The van der Waals surface area contributed by atoms with Gasteiger partial charge in [-0.3, -0.25) is 4.79 Å². The molecule has 0 radical (unpaired) electrons. The summed E-state index contributed by atoms with van der Waals surface area (Å²) in [6.45, 7) is 2.22. The number of fused-ring (bicyclic) bond motifs is 1. The zero-order valence-corrected chi connectivity index (χ0v) is 13.1. The Kier molecular flexibility index (Phi) is 4.20. The van der Waals surface area contributed by atoms with Crippen molar-refractivity contribution in [2.24, 2.45) is 0 Å². The Labute approximate surface area is 130 Å². The van der Waals surface area contributed by atoms with Gasteiger partial charge in [0.15, 0.2) is 0 Å². The van der Waals surface area contributed by atoms with Gasteiger partial charge in [-0.05, 0) is 49.0 Å². The number of likely N-dealkylation sites (tertiary alicyclic amines) is 1. The Hall–Kier alpha value is -1.48. The summed E-state index contributed by atoms with van der Waals surface area (Å²) in [5.41, 5.74) is 5.26. The van der Waals surface area contributed by atoms with Gasteiger partial charge < -0.3 is 9.64 Å². The summed E-state index contributed by atoms with van der Waals surface area (Å²) in [6.07, 6.45) is 4.61. The first kappa shape index (κ1) is 14.5. The highest BCUT2D eigenvalue weighted by atomic mass is 35.5. The largest absolute Gasteiger partial charge is 0.469 e. The normalized spacial score (nSPS) is 17.3. The number of hydrogen-bond acceptors (Lipinski definition) is 3. The maximum absolute atomic E-state index is 11.4. The van der Waals surface area contributed by atoms with Gasteiger partial charge in [0, 0.05) is 35.8 Å². The van der Waals surface area contributed by atoms with Crippen molar-refractivity contribution in [1.82, 2.24) is 4.90 Å². The molecule has 0 spiro atoms. The monoisotopic (exact) mass is 305 g/mol. The molecule has 1 aliphatic carbocycles. The van der Waals surface area contributed by atoms with Crippen LogP contribution >= 0.6 is 11.6 Å². The molecule has 112 valence electrons. The average molecular weight is 306 g/mol. The molecule has 1 aromatic rings. The van der Waals surface area contributed by atoms with E-state index < -0.39 is 0 Å². The minimum Gasteiger partial charge on any atom is -0.469 e. The quantitative estimate of drug-likeness (QED) is 0.795. The van der Waals surface area contributed by atoms with Crippen molar-refractivity contribution >= 4 is 23.3 Å². The third-order valence-electron chi connectivity index (χ3n) is 4.34. The lowest BCUT2D eigenvalue weighted by atomic mass is 10.1. The van der Waals surface area contributed by atoms with E-state index in [4.69, 9.17) is 16.3 Å². The van der Waals surface area contributed by atoms with E-state index in [9.17, 15) is 4.79 Å². The number of carbonyl (C=O) groups excluding carboxylic acids is 1. The third kappa shape index (κ3) is 2.93. The van der Waals surface area contributed by atoms with E-state index >= 15 is 0 Å². The summed E-state index contributed by atoms with van der Waals surface area (Å²) in [4.78, 5) is 13.9. The molecule has 3 rings (SSSR count). The summed E-state index contributed by atoms with van der Waals surface area (Å²) >= 11 is 6.12. The lowest BCUT2D eigenvalue weighted by molar-refractivity contribution is -0.140. The van der Waals surface area contributed by atoms with Crippen molar-refractivity contribution in [2.45, 2.75) is 32.1 Å². The van der Waals surface area contributed by atoms with Crippen molar-refractivity contribution in [3.8, 4) is 0 Å². The van der Waals surface area contributed by atoms with Crippen LogP contribution in [0, 0.1) is 0 Å². The zero-order chi connectivity index (χ0) is 14.8. The van der Waals surface area contributed by atoms with Gasteiger partial charge in [0.25, 0.3) is 0 Å². The zero-order valence-electron chi connectivity index (χ0n) is 12.3. The van der Waals surface area contributed by atoms with E-state index in [1.165, 1.54) is 42.3 Å². The van der Waals surface area contributed by atoms with Crippen molar-refractivity contribution in [3.05, 3.63) is 39.9 Å². The molecule has 4 heteroatoms. The predicted octanol–water partition coefficient (Wildman–Crippen LogP) is 3.66. The van der Waals surface area contributed by atoms with Crippen molar-refractivity contribution in [3.63, 3.8) is 0 Å². The van der Waals surface area contributed by atoms with E-state index in [-0.39, 0.29) is 5.97 Å². The number of esters is 1. The lowest BCUT2D eigenvalue weighted by Crippen LogP contribution is -2.18. The third-order valence-corrected chi connectivity index (χ3v) is 4.58. The first-order valence-electron chi connectivity index (χ1n) is 7.51.